The van der Waals surface area contributed by atoms with Crippen LogP contribution in [0.25, 0.3) is 11.5 Å². The predicted octanol–water partition coefficient (Wildman–Crippen LogP) is 3.66. The van der Waals surface area contributed by atoms with Crippen molar-refractivity contribution in [1.82, 2.24) is 10.3 Å². The van der Waals surface area contributed by atoms with Gasteiger partial charge < -0.3 is 14.5 Å². The SMILES string of the molecule is COc1cccc(-c2nc(CC(=O)NCc3ccc(F)cc3)c(C)o2)c1. The maximum Gasteiger partial charge on any atom is 0.226 e. The van der Waals surface area contributed by atoms with E-state index in [0.29, 0.717) is 29.6 Å². The molecule has 3 aromatic rings. The van der Waals surface area contributed by atoms with Gasteiger partial charge in [-0.3, -0.25) is 4.79 Å². The van der Waals surface area contributed by atoms with Crippen LogP contribution >= 0.6 is 0 Å². The maximum absolute atomic E-state index is 12.9. The molecule has 0 aliphatic rings. The Morgan fingerprint density at radius 3 is 2.73 bits per heavy atom. The number of hydrogen-bond donors (Lipinski definition) is 1. The van der Waals surface area contributed by atoms with Crippen molar-refractivity contribution in [1.29, 1.82) is 0 Å². The van der Waals surface area contributed by atoms with Gasteiger partial charge in [0, 0.05) is 12.1 Å². The highest BCUT2D eigenvalue weighted by atomic mass is 19.1. The smallest absolute Gasteiger partial charge is 0.226 e. The van der Waals surface area contributed by atoms with E-state index in [9.17, 15) is 9.18 Å². The normalized spacial score (nSPS) is 10.6. The van der Waals surface area contributed by atoms with Crippen LogP contribution in [0.1, 0.15) is 17.0 Å². The Morgan fingerprint density at radius 1 is 1.23 bits per heavy atom. The van der Waals surface area contributed by atoms with Gasteiger partial charge in [-0.05, 0) is 42.8 Å². The average Bonchev–Trinajstić information content (AvgIpc) is 3.02. The molecule has 1 N–H and O–H groups in total. The van der Waals surface area contributed by atoms with E-state index in [1.165, 1.54) is 12.1 Å². The molecule has 0 radical (unpaired) electrons. The molecule has 0 fully saturated rings. The average molecular weight is 354 g/mol. The number of nitrogens with one attached hydrogen (secondary N) is 1. The summed E-state index contributed by atoms with van der Waals surface area (Å²) in [5.41, 5.74) is 2.19. The number of oxazole rings is 1. The van der Waals surface area contributed by atoms with Crippen LogP contribution in [0.2, 0.25) is 0 Å². The minimum atomic E-state index is -0.302. The molecule has 26 heavy (non-hydrogen) atoms. The van der Waals surface area contributed by atoms with Crippen LogP contribution in [0, 0.1) is 12.7 Å². The highest BCUT2D eigenvalue weighted by Gasteiger charge is 2.15. The molecule has 1 aromatic heterocycles. The van der Waals surface area contributed by atoms with Crippen LogP contribution in [-0.2, 0) is 17.8 Å². The van der Waals surface area contributed by atoms with Crippen LogP contribution in [0.5, 0.6) is 5.75 Å². The van der Waals surface area contributed by atoms with E-state index in [1.54, 1.807) is 26.2 Å². The fourth-order valence-corrected chi connectivity index (χ4v) is 2.49. The number of hydrogen-bond acceptors (Lipinski definition) is 4. The number of benzene rings is 2. The monoisotopic (exact) mass is 354 g/mol. The zero-order chi connectivity index (χ0) is 18.5. The molecule has 3 rings (SSSR count). The van der Waals surface area contributed by atoms with Gasteiger partial charge in [-0.25, -0.2) is 9.37 Å². The molecular formula is C20H19FN2O3. The number of aromatic nitrogens is 1. The fourth-order valence-electron chi connectivity index (χ4n) is 2.49. The summed E-state index contributed by atoms with van der Waals surface area (Å²) in [7, 11) is 1.59. The zero-order valence-electron chi connectivity index (χ0n) is 14.6. The summed E-state index contributed by atoms with van der Waals surface area (Å²) >= 11 is 0. The van der Waals surface area contributed by atoms with Crippen molar-refractivity contribution in [2.24, 2.45) is 0 Å². The quantitative estimate of drug-likeness (QED) is 0.734. The lowest BCUT2D eigenvalue weighted by Crippen LogP contribution is -2.24. The number of halogens is 1. The van der Waals surface area contributed by atoms with E-state index < -0.39 is 0 Å². The number of amides is 1. The molecule has 1 heterocycles. The van der Waals surface area contributed by atoms with Crippen molar-refractivity contribution in [3.8, 4) is 17.2 Å². The number of ether oxygens (including phenoxy) is 1. The molecule has 6 heteroatoms. The third kappa shape index (κ3) is 4.27. The third-order valence-electron chi connectivity index (χ3n) is 3.94. The summed E-state index contributed by atoms with van der Waals surface area (Å²) in [5, 5.41) is 2.80. The fraction of sp³-hybridized carbons (Fsp3) is 0.200. The van der Waals surface area contributed by atoms with E-state index in [-0.39, 0.29) is 18.1 Å². The van der Waals surface area contributed by atoms with Gasteiger partial charge in [0.2, 0.25) is 11.8 Å². The van der Waals surface area contributed by atoms with Crippen LogP contribution in [0.3, 0.4) is 0 Å². The first kappa shape index (κ1) is 17.7. The maximum atomic E-state index is 12.9. The van der Waals surface area contributed by atoms with E-state index >= 15 is 0 Å². The second kappa shape index (κ2) is 7.82. The molecule has 5 nitrogen and oxygen atoms in total. The lowest BCUT2D eigenvalue weighted by atomic mass is 10.2. The molecule has 0 unspecified atom stereocenters. The summed E-state index contributed by atoms with van der Waals surface area (Å²) in [6, 6.07) is 13.4. The number of nitrogens with zero attached hydrogens (tertiary/aromatic N) is 1. The van der Waals surface area contributed by atoms with Crippen molar-refractivity contribution < 1.29 is 18.3 Å². The van der Waals surface area contributed by atoms with Crippen LogP contribution < -0.4 is 10.1 Å². The van der Waals surface area contributed by atoms with E-state index in [4.69, 9.17) is 9.15 Å². The summed E-state index contributed by atoms with van der Waals surface area (Å²) in [6.45, 7) is 2.11. The Hall–Kier alpha value is -3.15. The molecule has 0 aliphatic heterocycles. The second-order valence-electron chi connectivity index (χ2n) is 5.83. The first-order valence-corrected chi connectivity index (χ1v) is 8.17. The molecular weight excluding hydrogens is 335 g/mol. The van der Waals surface area contributed by atoms with Gasteiger partial charge in [-0.1, -0.05) is 18.2 Å². The van der Waals surface area contributed by atoms with Crippen molar-refractivity contribution in [3.05, 3.63) is 71.4 Å². The first-order valence-electron chi connectivity index (χ1n) is 8.17. The molecule has 0 bridgehead atoms. The molecule has 0 atom stereocenters. The molecule has 0 aliphatic carbocycles. The summed E-state index contributed by atoms with van der Waals surface area (Å²) in [6.07, 6.45) is 0.112. The third-order valence-corrected chi connectivity index (χ3v) is 3.94. The van der Waals surface area contributed by atoms with Crippen molar-refractivity contribution in [2.45, 2.75) is 19.9 Å². The van der Waals surface area contributed by atoms with Crippen molar-refractivity contribution >= 4 is 5.91 Å². The Labute approximate surface area is 150 Å². The van der Waals surface area contributed by atoms with Crippen molar-refractivity contribution in [3.63, 3.8) is 0 Å². The Morgan fingerprint density at radius 2 is 2.00 bits per heavy atom. The largest absolute Gasteiger partial charge is 0.497 e. The standard InChI is InChI=1S/C20H19FN2O3/c1-13-18(11-19(24)22-12-14-6-8-16(21)9-7-14)23-20(26-13)15-4-3-5-17(10-15)25-2/h3-10H,11-12H2,1-2H3,(H,22,24). The highest BCUT2D eigenvalue weighted by molar-refractivity contribution is 5.78. The minimum absolute atomic E-state index is 0.112. The van der Waals surface area contributed by atoms with Gasteiger partial charge in [0.25, 0.3) is 0 Å². The van der Waals surface area contributed by atoms with E-state index in [1.807, 2.05) is 24.3 Å². The molecule has 1 amide bonds. The van der Waals surface area contributed by atoms with Crippen LogP contribution in [-0.4, -0.2) is 18.0 Å². The molecule has 2 aromatic carbocycles. The number of aryl methyl sites for hydroxylation is 1. The molecule has 0 spiro atoms. The highest BCUT2D eigenvalue weighted by Crippen LogP contribution is 2.25. The lowest BCUT2D eigenvalue weighted by molar-refractivity contribution is -0.120. The van der Waals surface area contributed by atoms with Gasteiger partial charge in [-0.15, -0.1) is 0 Å². The topological polar surface area (TPSA) is 64.4 Å². The van der Waals surface area contributed by atoms with E-state index in [2.05, 4.69) is 10.3 Å². The number of carbonyl (C=O) groups excluding carboxylic acids is 1. The summed E-state index contributed by atoms with van der Waals surface area (Å²) in [5.74, 6) is 1.27. The van der Waals surface area contributed by atoms with Gasteiger partial charge in [-0.2, -0.15) is 0 Å². The van der Waals surface area contributed by atoms with Crippen LogP contribution in [0.15, 0.2) is 52.9 Å². The Bertz CT molecular complexity index is 904. The van der Waals surface area contributed by atoms with Crippen LogP contribution in [0.4, 0.5) is 4.39 Å². The Kier molecular flexibility index (Phi) is 5.31. The van der Waals surface area contributed by atoms with Gasteiger partial charge in [0.1, 0.15) is 17.3 Å². The molecule has 0 saturated carbocycles. The number of methoxy groups -OCH3 is 1. The minimum Gasteiger partial charge on any atom is -0.497 e. The van der Waals surface area contributed by atoms with Gasteiger partial charge in [0.15, 0.2) is 0 Å². The summed E-state index contributed by atoms with van der Waals surface area (Å²) < 4.78 is 23.8. The predicted molar refractivity (Wildman–Crippen MR) is 95.2 cm³/mol. The second-order valence-corrected chi connectivity index (χ2v) is 5.83. The summed E-state index contributed by atoms with van der Waals surface area (Å²) in [4.78, 5) is 16.6. The number of carbonyl (C=O) groups is 1. The number of rotatable bonds is 6. The Balaban J connectivity index is 1.65. The van der Waals surface area contributed by atoms with Gasteiger partial charge in [0.05, 0.1) is 19.2 Å². The van der Waals surface area contributed by atoms with Gasteiger partial charge >= 0.3 is 0 Å². The zero-order valence-corrected chi connectivity index (χ0v) is 14.6. The molecule has 134 valence electrons. The molecule has 0 saturated heterocycles. The van der Waals surface area contributed by atoms with E-state index in [0.717, 1.165) is 11.1 Å². The first-order chi connectivity index (χ1) is 12.5. The van der Waals surface area contributed by atoms with Crippen molar-refractivity contribution in [2.75, 3.05) is 7.11 Å². The lowest BCUT2D eigenvalue weighted by Gasteiger charge is -2.04.